The molecule has 38 heavy (non-hydrogen) atoms. The van der Waals surface area contributed by atoms with E-state index in [0.717, 1.165) is 56.1 Å². The summed E-state index contributed by atoms with van der Waals surface area (Å²) in [5, 5.41) is 0. The summed E-state index contributed by atoms with van der Waals surface area (Å²) in [6.07, 6.45) is 11.1. The lowest BCUT2D eigenvalue weighted by atomic mass is 9.89. The van der Waals surface area contributed by atoms with Gasteiger partial charge in [-0.15, -0.1) is 0 Å². The topological polar surface area (TPSA) is 18.5 Å². The second-order valence-corrected chi connectivity index (χ2v) is 9.98. The Morgan fingerprint density at radius 2 is 1.66 bits per heavy atom. The molecular formula is C33H37F3O2. The molecule has 3 aromatic carbocycles. The number of hydrogen-bond acceptors (Lipinski definition) is 2. The first-order valence-electron chi connectivity index (χ1n) is 13.8. The molecule has 2 nitrogen and oxygen atoms in total. The Balaban J connectivity index is 1.41. The highest BCUT2D eigenvalue weighted by Gasteiger charge is 2.25. The molecule has 1 saturated heterocycles. The van der Waals surface area contributed by atoms with Gasteiger partial charge >= 0.3 is 0 Å². The van der Waals surface area contributed by atoms with Crippen molar-refractivity contribution in [3.05, 3.63) is 89.8 Å². The van der Waals surface area contributed by atoms with Crippen LogP contribution in [0.2, 0.25) is 0 Å². The highest BCUT2D eigenvalue weighted by atomic mass is 19.2. The van der Waals surface area contributed by atoms with E-state index in [1.54, 1.807) is 30.3 Å². The van der Waals surface area contributed by atoms with Gasteiger partial charge in [0.05, 0.1) is 19.3 Å². The van der Waals surface area contributed by atoms with Crippen LogP contribution in [0.15, 0.2) is 66.7 Å². The van der Waals surface area contributed by atoms with Gasteiger partial charge in [0.25, 0.3) is 0 Å². The summed E-state index contributed by atoms with van der Waals surface area (Å²) in [5.41, 5.74) is 2.94. The molecule has 0 saturated carbocycles. The molecule has 0 aliphatic carbocycles. The van der Waals surface area contributed by atoms with Crippen LogP contribution in [0.4, 0.5) is 13.2 Å². The van der Waals surface area contributed by atoms with Gasteiger partial charge in [0.15, 0.2) is 11.6 Å². The number of hydrogen-bond donors (Lipinski definition) is 0. The largest absolute Gasteiger partial charge is 0.490 e. The van der Waals surface area contributed by atoms with Crippen LogP contribution >= 0.6 is 0 Å². The molecule has 4 rings (SSSR count). The molecule has 0 bridgehead atoms. The first kappa shape index (κ1) is 28.0. The molecular weight excluding hydrogens is 485 g/mol. The molecule has 0 N–H and O–H groups in total. The van der Waals surface area contributed by atoms with E-state index in [4.69, 9.17) is 9.47 Å². The van der Waals surface area contributed by atoms with E-state index in [1.807, 2.05) is 19.1 Å². The predicted molar refractivity (Wildman–Crippen MR) is 148 cm³/mol. The van der Waals surface area contributed by atoms with E-state index in [0.29, 0.717) is 24.3 Å². The van der Waals surface area contributed by atoms with Gasteiger partial charge in [0, 0.05) is 11.5 Å². The summed E-state index contributed by atoms with van der Waals surface area (Å²) < 4.78 is 55.9. The van der Waals surface area contributed by atoms with Crippen molar-refractivity contribution in [2.75, 3.05) is 13.2 Å². The predicted octanol–water partition coefficient (Wildman–Crippen LogP) is 9.63. The van der Waals surface area contributed by atoms with Crippen molar-refractivity contribution >= 4 is 0 Å². The zero-order valence-electron chi connectivity index (χ0n) is 22.3. The van der Waals surface area contributed by atoms with Crippen LogP contribution in [-0.2, 0) is 4.74 Å². The van der Waals surface area contributed by atoms with Gasteiger partial charge in [0.1, 0.15) is 5.82 Å². The average molecular weight is 523 g/mol. The van der Waals surface area contributed by atoms with Gasteiger partial charge in [-0.1, -0.05) is 68.3 Å². The van der Waals surface area contributed by atoms with Crippen molar-refractivity contribution in [2.24, 2.45) is 0 Å². The van der Waals surface area contributed by atoms with Gasteiger partial charge in [-0.3, -0.25) is 0 Å². The maximum atomic E-state index is 15.1. The van der Waals surface area contributed by atoms with Crippen molar-refractivity contribution in [1.82, 2.24) is 0 Å². The van der Waals surface area contributed by atoms with E-state index in [2.05, 4.69) is 19.1 Å². The third-order valence-electron chi connectivity index (χ3n) is 7.28. The molecule has 1 fully saturated rings. The van der Waals surface area contributed by atoms with Crippen LogP contribution in [0.5, 0.6) is 5.75 Å². The van der Waals surface area contributed by atoms with Gasteiger partial charge < -0.3 is 9.47 Å². The van der Waals surface area contributed by atoms with Gasteiger partial charge in [-0.2, -0.15) is 4.39 Å². The van der Waals surface area contributed by atoms with Crippen LogP contribution in [0.25, 0.3) is 22.3 Å². The fourth-order valence-corrected chi connectivity index (χ4v) is 5.01. The summed E-state index contributed by atoms with van der Waals surface area (Å²) in [5.74, 6) is -2.16. The molecule has 3 aromatic rings. The lowest BCUT2D eigenvalue weighted by molar-refractivity contribution is -0.000797. The minimum absolute atomic E-state index is 0.0564. The van der Waals surface area contributed by atoms with Crippen LogP contribution < -0.4 is 4.74 Å². The maximum Gasteiger partial charge on any atom is 0.201 e. The molecule has 0 spiro atoms. The second kappa shape index (κ2) is 13.7. The van der Waals surface area contributed by atoms with Crippen LogP contribution in [0, 0.1) is 17.5 Å². The SMILES string of the molecule is CC=CCCC1CCC(c2ccc(-c3ccc(-c4ccc(OCCCCC)c(F)c4F)cc3)cc2F)CO1. The molecule has 0 aromatic heterocycles. The zero-order chi connectivity index (χ0) is 26.9. The zero-order valence-corrected chi connectivity index (χ0v) is 22.3. The molecule has 1 aliphatic heterocycles. The van der Waals surface area contributed by atoms with E-state index >= 15 is 4.39 Å². The Hall–Kier alpha value is -3.05. The lowest BCUT2D eigenvalue weighted by Crippen LogP contribution is -2.25. The Morgan fingerprint density at radius 3 is 2.34 bits per heavy atom. The molecule has 5 heteroatoms. The quantitative estimate of drug-likeness (QED) is 0.184. The van der Waals surface area contributed by atoms with Crippen molar-refractivity contribution in [3.8, 4) is 28.0 Å². The van der Waals surface area contributed by atoms with Crippen molar-refractivity contribution in [3.63, 3.8) is 0 Å². The molecule has 1 aliphatic rings. The summed E-state index contributed by atoms with van der Waals surface area (Å²) >= 11 is 0. The molecule has 0 amide bonds. The summed E-state index contributed by atoms with van der Waals surface area (Å²) in [4.78, 5) is 0. The van der Waals surface area contributed by atoms with Gasteiger partial charge in [0.2, 0.25) is 5.82 Å². The number of ether oxygens (including phenoxy) is 2. The molecule has 2 unspecified atom stereocenters. The lowest BCUT2D eigenvalue weighted by Gasteiger charge is -2.29. The number of halogens is 3. The minimum atomic E-state index is -0.975. The molecule has 202 valence electrons. The fourth-order valence-electron chi connectivity index (χ4n) is 5.01. The minimum Gasteiger partial charge on any atom is -0.490 e. The van der Waals surface area contributed by atoms with Crippen molar-refractivity contribution < 1.29 is 22.6 Å². The average Bonchev–Trinajstić information content (AvgIpc) is 2.94. The van der Waals surface area contributed by atoms with Gasteiger partial charge in [-0.25, -0.2) is 8.78 Å². The maximum absolute atomic E-state index is 15.1. The fraction of sp³-hybridized carbons (Fsp3) is 0.394. The third-order valence-corrected chi connectivity index (χ3v) is 7.28. The van der Waals surface area contributed by atoms with Crippen molar-refractivity contribution in [2.45, 2.75) is 70.8 Å². The monoisotopic (exact) mass is 522 g/mol. The normalized spacial score (nSPS) is 17.7. The Labute approximate surface area is 224 Å². The summed E-state index contributed by atoms with van der Waals surface area (Å²) in [7, 11) is 0. The summed E-state index contributed by atoms with van der Waals surface area (Å²) in [6, 6.07) is 15.4. The van der Waals surface area contributed by atoms with E-state index in [1.165, 1.54) is 12.1 Å². The highest BCUT2D eigenvalue weighted by Crippen LogP contribution is 2.35. The third kappa shape index (κ3) is 6.87. The second-order valence-electron chi connectivity index (χ2n) is 9.98. The first-order chi connectivity index (χ1) is 18.5. The van der Waals surface area contributed by atoms with Crippen LogP contribution in [0.3, 0.4) is 0 Å². The van der Waals surface area contributed by atoms with Crippen LogP contribution in [-0.4, -0.2) is 19.3 Å². The number of unbranched alkanes of at least 4 members (excludes halogenated alkanes) is 2. The van der Waals surface area contributed by atoms with E-state index in [-0.39, 0.29) is 29.2 Å². The first-order valence-corrected chi connectivity index (χ1v) is 13.8. The molecule has 1 heterocycles. The summed E-state index contributed by atoms with van der Waals surface area (Å²) in [6.45, 7) is 4.99. The van der Waals surface area contributed by atoms with E-state index in [9.17, 15) is 8.78 Å². The van der Waals surface area contributed by atoms with Crippen LogP contribution in [0.1, 0.15) is 70.3 Å². The smallest absolute Gasteiger partial charge is 0.201 e. The number of allylic oxidation sites excluding steroid dienone is 2. The molecule has 0 radical (unpaired) electrons. The van der Waals surface area contributed by atoms with Crippen molar-refractivity contribution in [1.29, 1.82) is 0 Å². The Bertz CT molecular complexity index is 1210. The van der Waals surface area contributed by atoms with Gasteiger partial charge in [-0.05, 0) is 79.5 Å². The van der Waals surface area contributed by atoms with E-state index < -0.39 is 11.6 Å². The number of benzene rings is 3. The highest BCUT2D eigenvalue weighted by molar-refractivity contribution is 5.71. The number of rotatable bonds is 11. The standard InChI is InChI=1S/C33H37F3O2/c1-3-5-7-9-27-16-14-26(22-38-27)28-17-15-25(21-30(28)34)23-10-12-24(13-11-23)29-18-19-31(33(36)32(29)35)37-20-8-6-4-2/h3,5,10-13,15,17-19,21,26-27H,4,6-9,14,16,20,22H2,1-2H3. The Kier molecular flexibility index (Phi) is 10.1. The molecule has 2 atom stereocenters. The Morgan fingerprint density at radius 1 is 0.895 bits per heavy atom.